The fourth-order valence-corrected chi connectivity index (χ4v) is 5.24. The Morgan fingerprint density at radius 3 is 2.32 bits per heavy atom. The van der Waals surface area contributed by atoms with Crippen molar-refractivity contribution in [2.45, 2.75) is 45.3 Å². The number of halogens is 1. The van der Waals surface area contributed by atoms with E-state index in [1.54, 1.807) is 13.0 Å². The van der Waals surface area contributed by atoms with Crippen molar-refractivity contribution in [2.24, 2.45) is 0 Å². The third-order valence-electron chi connectivity index (χ3n) is 5.58. The highest BCUT2D eigenvalue weighted by atomic mass is 32.2. The van der Waals surface area contributed by atoms with Crippen molar-refractivity contribution >= 4 is 21.6 Å². The fourth-order valence-electron chi connectivity index (χ4n) is 4.03. The summed E-state index contributed by atoms with van der Waals surface area (Å²) in [5.74, 6) is -1.14. The van der Waals surface area contributed by atoms with Crippen LogP contribution in [-0.4, -0.2) is 44.6 Å². The predicted octanol–water partition coefficient (Wildman–Crippen LogP) is 3.28. The molecule has 0 unspecified atom stereocenters. The third-order valence-corrected chi connectivity index (χ3v) is 6.75. The van der Waals surface area contributed by atoms with Crippen molar-refractivity contribution in [1.29, 1.82) is 0 Å². The molecule has 0 aromatic heterocycles. The Hall–Kier alpha value is -2.45. The number of carbonyl (C=O) groups is 1. The van der Waals surface area contributed by atoms with Crippen molar-refractivity contribution < 1.29 is 17.6 Å². The number of nitrogens with zero attached hydrogens (tertiary/aromatic N) is 2. The van der Waals surface area contributed by atoms with Crippen molar-refractivity contribution in [3.63, 3.8) is 0 Å². The molecule has 0 spiro atoms. The first kappa shape index (κ1) is 23.2. The lowest BCUT2D eigenvalue weighted by Crippen LogP contribution is -2.49. The van der Waals surface area contributed by atoms with Crippen LogP contribution in [0, 0.1) is 5.82 Å². The van der Waals surface area contributed by atoms with E-state index in [4.69, 9.17) is 0 Å². The number of rotatable bonds is 9. The minimum absolute atomic E-state index is 0.124. The van der Waals surface area contributed by atoms with Crippen LogP contribution in [0.1, 0.15) is 37.3 Å². The maximum absolute atomic E-state index is 14.4. The number of nitrogens with one attached hydrogen (secondary N) is 1. The van der Waals surface area contributed by atoms with Gasteiger partial charge in [-0.1, -0.05) is 43.3 Å². The van der Waals surface area contributed by atoms with Crippen LogP contribution >= 0.6 is 0 Å². The summed E-state index contributed by atoms with van der Waals surface area (Å²) in [5, 5.41) is 2.87. The minimum Gasteiger partial charge on any atom is -0.350 e. The summed E-state index contributed by atoms with van der Waals surface area (Å²) in [6, 6.07) is 12.5. The molecule has 1 heterocycles. The highest BCUT2D eigenvalue weighted by Crippen LogP contribution is 2.25. The van der Waals surface area contributed by atoms with E-state index >= 15 is 0 Å². The van der Waals surface area contributed by atoms with E-state index in [9.17, 15) is 17.6 Å². The topological polar surface area (TPSA) is 69.7 Å². The van der Waals surface area contributed by atoms with Gasteiger partial charge in [-0.05, 0) is 55.6 Å². The number of carbonyl (C=O) groups excluding carboxylic acids is 1. The molecule has 0 radical (unpaired) electrons. The molecule has 168 valence electrons. The summed E-state index contributed by atoms with van der Waals surface area (Å²) in [5.41, 5.74) is 2.02. The Bertz CT molecular complexity index is 1010. The third kappa shape index (κ3) is 5.83. The molecule has 1 fully saturated rings. The fraction of sp³-hybridized carbons (Fsp3) is 0.435. The Morgan fingerprint density at radius 1 is 1.10 bits per heavy atom. The van der Waals surface area contributed by atoms with Crippen molar-refractivity contribution in [1.82, 2.24) is 10.2 Å². The lowest BCUT2D eigenvalue weighted by atomic mass is 10.1. The Balaban J connectivity index is 1.77. The average molecular weight is 448 g/mol. The number of sulfonamides is 1. The highest BCUT2D eigenvalue weighted by molar-refractivity contribution is 7.92. The van der Waals surface area contributed by atoms with E-state index in [1.165, 1.54) is 31.0 Å². The van der Waals surface area contributed by atoms with Crippen LogP contribution in [0.25, 0.3) is 0 Å². The summed E-state index contributed by atoms with van der Waals surface area (Å²) >= 11 is 0. The van der Waals surface area contributed by atoms with Gasteiger partial charge >= 0.3 is 0 Å². The number of anilines is 1. The summed E-state index contributed by atoms with van der Waals surface area (Å²) < 4.78 is 40.2. The second-order valence-corrected chi connectivity index (χ2v) is 9.76. The molecule has 2 aromatic carbocycles. The standard InChI is InChI=1S/C23H30FN3O3S/c1-3-21(27(31(2,29)30)22-13-7-6-12-20(22)24)23(28)25-16-18-10-4-5-11-19(18)17-26-14-8-9-15-26/h4-7,10-13,21H,3,8-9,14-17H2,1-2H3,(H,25,28)/t21-/m0/s1. The first-order valence-electron chi connectivity index (χ1n) is 10.6. The Kier molecular flexibility index (Phi) is 7.67. The zero-order chi connectivity index (χ0) is 22.4. The quantitative estimate of drug-likeness (QED) is 0.641. The summed E-state index contributed by atoms with van der Waals surface area (Å²) in [6.07, 6.45) is 3.60. The molecule has 1 aliphatic rings. The van der Waals surface area contributed by atoms with Crippen LogP contribution in [0.2, 0.25) is 0 Å². The van der Waals surface area contributed by atoms with Gasteiger partial charge in [-0.15, -0.1) is 0 Å². The zero-order valence-electron chi connectivity index (χ0n) is 18.1. The number of para-hydroxylation sites is 1. The van der Waals surface area contributed by atoms with Gasteiger partial charge in [-0.25, -0.2) is 12.8 Å². The van der Waals surface area contributed by atoms with E-state index in [2.05, 4.69) is 16.3 Å². The van der Waals surface area contributed by atoms with Crippen molar-refractivity contribution in [3.8, 4) is 0 Å². The van der Waals surface area contributed by atoms with E-state index in [1.807, 2.05) is 18.2 Å². The molecule has 31 heavy (non-hydrogen) atoms. The molecule has 1 aliphatic heterocycles. The zero-order valence-corrected chi connectivity index (χ0v) is 18.9. The average Bonchev–Trinajstić information content (AvgIpc) is 3.24. The first-order valence-corrected chi connectivity index (χ1v) is 12.5. The molecule has 3 rings (SSSR count). The molecule has 6 nitrogen and oxygen atoms in total. The van der Waals surface area contributed by atoms with Gasteiger partial charge in [0.2, 0.25) is 15.9 Å². The SMILES string of the molecule is CC[C@@H](C(=O)NCc1ccccc1CN1CCCC1)N(c1ccccc1F)S(C)(=O)=O. The van der Waals surface area contributed by atoms with Crippen LogP contribution in [-0.2, 0) is 27.9 Å². The second kappa shape index (κ2) is 10.2. The van der Waals surface area contributed by atoms with Gasteiger partial charge in [0.15, 0.2) is 0 Å². The summed E-state index contributed by atoms with van der Waals surface area (Å²) in [7, 11) is -3.88. The molecule has 0 aliphatic carbocycles. The monoisotopic (exact) mass is 447 g/mol. The van der Waals surface area contributed by atoms with Crippen LogP contribution < -0.4 is 9.62 Å². The van der Waals surface area contributed by atoms with Gasteiger partial charge in [-0.3, -0.25) is 14.0 Å². The maximum Gasteiger partial charge on any atom is 0.244 e. The second-order valence-electron chi connectivity index (χ2n) is 7.90. The molecular weight excluding hydrogens is 417 g/mol. The van der Waals surface area contributed by atoms with Gasteiger partial charge in [-0.2, -0.15) is 0 Å². The lowest BCUT2D eigenvalue weighted by Gasteiger charge is -2.30. The molecule has 0 bridgehead atoms. The number of likely N-dealkylation sites (tertiary alicyclic amines) is 1. The largest absolute Gasteiger partial charge is 0.350 e. The number of amides is 1. The molecule has 1 amide bonds. The van der Waals surface area contributed by atoms with Gasteiger partial charge in [0.25, 0.3) is 0 Å². The molecule has 2 aromatic rings. The molecule has 1 N–H and O–H groups in total. The van der Waals surface area contributed by atoms with Crippen molar-refractivity contribution in [2.75, 3.05) is 23.7 Å². The van der Waals surface area contributed by atoms with E-state index in [-0.39, 0.29) is 18.7 Å². The molecule has 8 heteroatoms. The maximum atomic E-state index is 14.4. The number of hydrogen-bond acceptors (Lipinski definition) is 4. The number of hydrogen-bond donors (Lipinski definition) is 1. The number of benzene rings is 2. The predicted molar refractivity (Wildman–Crippen MR) is 121 cm³/mol. The molecular formula is C23H30FN3O3S. The molecule has 1 saturated heterocycles. The van der Waals surface area contributed by atoms with Crippen molar-refractivity contribution in [3.05, 3.63) is 65.5 Å². The molecule has 0 saturated carbocycles. The Morgan fingerprint density at radius 2 is 1.71 bits per heavy atom. The van der Waals surface area contributed by atoms with Crippen LogP contribution in [0.3, 0.4) is 0 Å². The lowest BCUT2D eigenvalue weighted by molar-refractivity contribution is -0.122. The summed E-state index contributed by atoms with van der Waals surface area (Å²) in [4.78, 5) is 15.4. The van der Waals surface area contributed by atoms with E-state index in [0.29, 0.717) is 0 Å². The normalized spacial score (nSPS) is 15.6. The molecule has 1 atom stereocenters. The van der Waals surface area contributed by atoms with E-state index in [0.717, 1.165) is 41.3 Å². The van der Waals surface area contributed by atoms with Crippen LogP contribution in [0.5, 0.6) is 0 Å². The van der Waals surface area contributed by atoms with Gasteiger partial charge < -0.3 is 5.32 Å². The minimum atomic E-state index is -3.88. The van der Waals surface area contributed by atoms with Gasteiger partial charge in [0.05, 0.1) is 11.9 Å². The first-order chi connectivity index (χ1) is 14.8. The van der Waals surface area contributed by atoms with E-state index < -0.39 is 27.8 Å². The van der Waals surface area contributed by atoms with Crippen LogP contribution in [0.4, 0.5) is 10.1 Å². The highest BCUT2D eigenvalue weighted by Gasteiger charge is 2.33. The summed E-state index contributed by atoms with van der Waals surface area (Å²) in [6.45, 7) is 4.97. The smallest absolute Gasteiger partial charge is 0.244 e. The Labute approximate surface area is 184 Å². The van der Waals surface area contributed by atoms with Gasteiger partial charge in [0, 0.05) is 13.1 Å². The van der Waals surface area contributed by atoms with Crippen LogP contribution in [0.15, 0.2) is 48.5 Å². The van der Waals surface area contributed by atoms with Gasteiger partial charge in [0.1, 0.15) is 11.9 Å².